The van der Waals surface area contributed by atoms with E-state index in [1.807, 2.05) is 25.0 Å². The summed E-state index contributed by atoms with van der Waals surface area (Å²) in [7, 11) is 0. The Kier molecular flexibility index (Phi) is 3.81. The van der Waals surface area contributed by atoms with Crippen LogP contribution in [0, 0.1) is 5.92 Å². The first-order valence-corrected chi connectivity index (χ1v) is 6.32. The van der Waals surface area contributed by atoms with Crippen LogP contribution in [0.25, 0.3) is 0 Å². The van der Waals surface area contributed by atoms with E-state index in [1.165, 1.54) is 0 Å². The minimum atomic E-state index is 0.0257. The molecule has 2 atom stereocenters. The summed E-state index contributed by atoms with van der Waals surface area (Å²) < 4.78 is 4.22. The molecule has 0 bridgehead atoms. The molecule has 0 aromatic carbocycles. The predicted octanol–water partition coefficient (Wildman–Crippen LogP) is 2.00. The Hall–Kier alpha value is -1.62. The van der Waals surface area contributed by atoms with Gasteiger partial charge < -0.3 is 14.9 Å². The lowest BCUT2D eigenvalue weighted by molar-refractivity contribution is 0.414. The molecular formula is C13H21N5. The van der Waals surface area contributed by atoms with Gasteiger partial charge in [0.25, 0.3) is 0 Å². The average Bonchev–Trinajstić information content (AvgIpc) is 2.97. The van der Waals surface area contributed by atoms with Crippen LogP contribution in [0.5, 0.6) is 0 Å². The van der Waals surface area contributed by atoms with E-state index >= 15 is 0 Å². The molecule has 2 aromatic rings. The molecule has 0 saturated heterocycles. The summed E-state index contributed by atoms with van der Waals surface area (Å²) in [5.74, 6) is 0.404. The molecule has 0 aliphatic rings. The smallest absolute Gasteiger partial charge is 0.0951 e. The van der Waals surface area contributed by atoms with E-state index in [-0.39, 0.29) is 6.04 Å². The van der Waals surface area contributed by atoms with E-state index in [0.29, 0.717) is 12.0 Å². The number of rotatable bonds is 5. The zero-order valence-corrected chi connectivity index (χ0v) is 11.2. The van der Waals surface area contributed by atoms with Gasteiger partial charge in [0.2, 0.25) is 0 Å². The monoisotopic (exact) mass is 247 g/mol. The molecule has 5 heteroatoms. The number of nitrogens with zero attached hydrogens (tertiary/aromatic N) is 4. The average molecular weight is 247 g/mol. The van der Waals surface area contributed by atoms with Gasteiger partial charge in [-0.05, 0) is 12.8 Å². The van der Waals surface area contributed by atoms with Gasteiger partial charge in [-0.15, -0.1) is 0 Å². The second kappa shape index (κ2) is 5.35. The molecule has 0 spiro atoms. The van der Waals surface area contributed by atoms with E-state index in [1.54, 1.807) is 6.20 Å². The van der Waals surface area contributed by atoms with Gasteiger partial charge in [-0.25, -0.2) is 9.97 Å². The van der Waals surface area contributed by atoms with Crippen LogP contribution in [0.2, 0.25) is 0 Å². The van der Waals surface area contributed by atoms with Crippen molar-refractivity contribution in [3.63, 3.8) is 0 Å². The summed E-state index contributed by atoms with van der Waals surface area (Å²) in [6.45, 7) is 7.29. The van der Waals surface area contributed by atoms with E-state index in [4.69, 9.17) is 5.73 Å². The summed E-state index contributed by atoms with van der Waals surface area (Å²) in [6, 6.07) is 0.333. The molecule has 0 amide bonds. The molecule has 2 unspecified atom stereocenters. The van der Waals surface area contributed by atoms with E-state index in [0.717, 1.165) is 12.2 Å². The third-order valence-electron chi connectivity index (χ3n) is 3.26. The van der Waals surface area contributed by atoms with Gasteiger partial charge in [-0.1, -0.05) is 13.8 Å². The Morgan fingerprint density at radius 1 is 1.22 bits per heavy atom. The van der Waals surface area contributed by atoms with Crippen LogP contribution in [0.3, 0.4) is 0 Å². The summed E-state index contributed by atoms with van der Waals surface area (Å²) in [5, 5.41) is 0. The molecule has 2 heterocycles. The lowest BCUT2D eigenvalue weighted by atomic mass is 10.0. The number of imidazole rings is 2. The van der Waals surface area contributed by atoms with Crippen LogP contribution in [0.4, 0.5) is 0 Å². The Bertz CT molecular complexity index is 471. The summed E-state index contributed by atoms with van der Waals surface area (Å²) in [6.07, 6.45) is 9.32. The molecule has 0 fully saturated rings. The molecule has 2 rings (SSSR count). The fourth-order valence-electron chi connectivity index (χ4n) is 2.07. The molecular weight excluding hydrogens is 226 g/mol. The largest absolute Gasteiger partial charge is 0.335 e. The van der Waals surface area contributed by atoms with Crippen molar-refractivity contribution in [2.45, 2.75) is 39.4 Å². The van der Waals surface area contributed by atoms with Gasteiger partial charge in [0.05, 0.1) is 18.3 Å². The first-order valence-electron chi connectivity index (χ1n) is 6.32. The SMILES string of the molecule is CC(C)C(N)c1cncn1C(C)Cn1ccnc1. The fourth-order valence-corrected chi connectivity index (χ4v) is 2.07. The molecule has 0 aliphatic carbocycles. The second-order valence-corrected chi connectivity index (χ2v) is 5.10. The quantitative estimate of drug-likeness (QED) is 0.879. The highest BCUT2D eigenvalue weighted by Crippen LogP contribution is 2.22. The highest BCUT2D eigenvalue weighted by Gasteiger charge is 2.18. The number of hydrogen-bond acceptors (Lipinski definition) is 3. The highest BCUT2D eigenvalue weighted by atomic mass is 15.1. The van der Waals surface area contributed by atoms with Crippen molar-refractivity contribution in [1.29, 1.82) is 0 Å². The minimum Gasteiger partial charge on any atom is -0.335 e. The third kappa shape index (κ3) is 2.61. The maximum atomic E-state index is 6.21. The van der Waals surface area contributed by atoms with Gasteiger partial charge in [-0.2, -0.15) is 0 Å². The standard InChI is InChI=1S/C13H21N5/c1-10(2)13(14)12-6-16-9-18(12)11(3)7-17-5-4-15-8-17/h4-6,8-11,13H,7,14H2,1-3H3. The maximum absolute atomic E-state index is 6.21. The molecule has 98 valence electrons. The van der Waals surface area contributed by atoms with Crippen molar-refractivity contribution in [1.82, 2.24) is 19.1 Å². The highest BCUT2D eigenvalue weighted by molar-refractivity contribution is 5.06. The normalized spacial score (nSPS) is 14.9. The van der Waals surface area contributed by atoms with E-state index in [9.17, 15) is 0 Å². The van der Waals surface area contributed by atoms with Gasteiger partial charge in [0.15, 0.2) is 0 Å². The van der Waals surface area contributed by atoms with Crippen molar-refractivity contribution < 1.29 is 0 Å². The van der Waals surface area contributed by atoms with E-state index in [2.05, 4.69) is 39.9 Å². The van der Waals surface area contributed by atoms with E-state index < -0.39 is 0 Å². The van der Waals surface area contributed by atoms with Gasteiger partial charge in [-0.3, -0.25) is 0 Å². The van der Waals surface area contributed by atoms with Gasteiger partial charge in [0, 0.05) is 37.2 Å². The molecule has 2 N–H and O–H groups in total. The lowest BCUT2D eigenvalue weighted by Gasteiger charge is -2.22. The second-order valence-electron chi connectivity index (χ2n) is 5.10. The van der Waals surface area contributed by atoms with Crippen LogP contribution in [-0.4, -0.2) is 19.1 Å². The first-order chi connectivity index (χ1) is 8.59. The molecule has 5 nitrogen and oxygen atoms in total. The predicted molar refractivity (Wildman–Crippen MR) is 70.9 cm³/mol. The van der Waals surface area contributed by atoms with Crippen LogP contribution < -0.4 is 5.73 Å². The fraction of sp³-hybridized carbons (Fsp3) is 0.538. The summed E-state index contributed by atoms with van der Waals surface area (Å²) in [4.78, 5) is 8.29. The van der Waals surface area contributed by atoms with Crippen molar-refractivity contribution in [2.24, 2.45) is 11.7 Å². The van der Waals surface area contributed by atoms with Crippen LogP contribution in [-0.2, 0) is 6.54 Å². The lowest BCUT2D eigenvalue weighted by Crippen LogP contribution is -2.23. The topological polar surface area (TPSA) is 61.7 Å². The number of hydrogen-bond donors (Lipinski definition) is 1. The van der Waals surface area contributed by atoms with Crippen LogP contribution in [0.15, 0.2) is 31.2 Å². The van der Waals surface area contributed by atoms with Crippen molar-refractivity contribution in [3.05, 3.63) is 36.9 Å². The van der Waals surface area contributed by atoms with Crippen molar-refractivity contribution >= 4 is 0 Å². The van der Waals surface area contributed by atoms with Gasteiger partial charge in [0.1, 0.15) is 0 Å². The van der Waals surface area contributed by atoms with Crippen LogP contribution in [0.1, 0.15) is 38.5 Å². The Morgan fingerprint density at radius 2 is 2.00 bits per heavy atom. The summed E-state index contributed by atoms with van der Waals surface area (Å²) >= 11 is 0. The molecule has 0 aliphatic heterocycles. The molecule has 18 heavy (non-hydrogen) atoms. The van der Waals surface area contributed by atoms with Crippen LogP contribution >= 0.6 is 0 Å². The Morgan fingerprint density at radius 3 is 2.61 bits per heavy atom. The summed E-state index contributed by atoms with van der Waals surface area (Å²) in [5.41, 5.74) is 7.31. The minimum absolute atomic E-state index is 0.0257. The third-order valence-corrected chi connectivity index (χ3v) is 3.26. The first kappa shape index (κ1) is 12.8. The Balaban J connectivity index is 2.15. The molecule has 2 aromatic heterocycles. The van der Waals surface area contributed by atoms with Gasteiger partial charge >= 0.3 is 0 Å². The van der Waals surface area contributed by atoms with Crippen molar-refractivity contribution in [3.8, 4) is 0 Å². The van der Waals surface area contributed by atoms with Crippen molar-refractivity contribution in [2.75, 3.05) is 0 Å². The zero-order valence-electron chi connectivity index (χ0n) is 11.2. The molecule has 0 saturated carbocycles. The molecule has 0 radical (unpaired) electrons. The zero-order chi connectivity index (χ0) is 13.1. The number of aromatic nitrogens is 4. The Labute approximate surface area is 108 Å². The maximum Gasteiger partial charge on any atom is 0.0951 e. The number of nitrogens with two attached hydrogens (primary N) is 1.